The van der Waals surface area contributed by atoms with Gasteiger partial charge in [0.25, 0.3) is 0 Å². The number of hydrogen-bond acceptors (Lipinski definition) is 9. The smallest absolute Gasteiger partial charge is 0.188 e. The van der Waals surface area contributed by atoms with Crippen LogP contribution < -0.4 is 16.4 Å². The van der Waals surface area contributed by atoms with Crippen LogP contribution in [0.3, 0.4) is 0 Å². The number of phenols is 1. The average Bonchev–Trinajstić information content (AvgIpc) is 3.88. The number of thiophene rings is 2. The van der Waals surface area contributed by atoms with E-state index in [1.54, 1.807) is 31.4 Å². The molecule has 266 valence electrons. The van der Waals surface area contributed by atoms with Crippen LogP contribution in [-0.4, -0.2) is 70.1 Å². The lowest BCUT2D eigenvalue weighted by Gasteiger charge is -2.47. The van der Waals surface area contributed by atoms with Crippen molar-refractivity contribution in [3.63, 3.8) is 0 Å². The van der Waals surface area contributed by atoms with Gasteiger partial charge in [0.15, 0.2) is 11.7 Å². The molecule has 3 aliphatic rings. The van der Waals surface area contributed by atoms with Gasteiger partial charge in [0.2, 0.25) is 0 Å². The lowest BCUT2D eigenvalue weighted by molar-refractivity contribution is 0.0187. The Labute approximate surface area is 302 Å². The first-order chi connectivity index (χ1) is 24.0. The first kappa shape index (κ1) is 36.1. The molecular formula is C39H48N4O5S2. The molecule has 50 heavy (non-hydrogen) atoms. The number of aromatic hydroxyl groups is 1. The summed E-state index contributed by atoms with van der Waals surface area (Å²) >= 11 is 3.17. The summed E-state index contributed by atoms with van der Waals surface area (Å²) in [4.78, 5) is 22.6. The molecule has 8 atom stereocenters. The maximum Gasteiger partial charge on any atom is 0.188 e. The second-order valence-corrected chi connectivity index (χ2v) is 16.4. The number of phenolic OH excluding ortho intramolecular Hbond substituents is 1. The van der Waals surface area contributed by atoms with Crippen LogP contribution in [0, 0.1) is 35.0 Å². The number of Topliss-reactive ketones (excluding diaryl/α,β-unsaturated/α-hetero) is 1. The molecule has 2 aliphatic carbocycles. The van der Waals surface area contributed by atoms with Crippen molar-refractivity contribution < 1.29 is 25.2 Å². The molecule has 8 unspecified atom stereocenters. The number of carbonyl (C=O) groups excluding carboxylic acids is 1. The number of carbonyl (C=O) groups is 1. The summed E-state index contributed by atoms with van der Waals surface area (Å²) in [5.41, 5.74) is 8.31. The van der Waals surface area contributed by atoms with Crippen molar-refractivity contribution in [3.8, 4) is 27.3 Å². The first-order valence-electron chi connectivity index (χ1n) is 17.5. The van der Waals surface area contributed by atoms with E-state index in [0.717, 1.165) is 56.4 Å². The van der Waals surface area contributed by atoms with Gasteiger partial charge in [0.1, 0.15) is 5.75 Å². The molecule has 8 N–H and O–H groups in total. The molecule has 0 amide bonds. The fraction of sp³-hybridized carbons (Fsp3) is 0.487. The molecule has 1 aliphatic heterocycles. The van der Waals surface area contributed by atoms with E-state index in [1.807, 2.05) is 43.3 Å². The third-order valence-electron chi connectivity index (χ3n) is 11.0. The van der Waals surface area contributed by atoms with Gasteiger partial charge < -0.3 is 36.8 Å². The minimum Gasteiger partial charge on any atom is -0.507 e. The summed E-state index contributed by atoms with van der Waals surface area (Å²) in [6.45, 7) is 3.26. The summed E-state index contributed by atoms with van der Waals surface area (Å²) in [7, 11) is 1.65. The third kappa shape index (κ3) is 7.51. The number of aliphatic hydroxyl groups excluding tert-OH is 3. The Morgan fingerprint density at radius 3 is 2.62 bits per heavy atom. The predicted octanol–water partition coefficient (Wildman–Crippen LogP) is 5.63. The summed E-state index contributed by atoms with van der Waals surface area (Å²) in [5, 5.41) is 48.6. The molecule has 0 saturated heterocycles. The number of rotatable bonds is 10. The van der Waals surface area contributed by atoms with Gasteiger partial charge in [-0.15, -0.1) is 28.6 Å². The van der Waals surface area contributed by atoms with Gasteiger partial charge in [-0.25, -0.2) is 0 Å². The zero-order valence-electron chi connectivity index (χ0n) is 28.9. The van der Waals surface area contributed by atoms with E-state index in [0.29, 0.717) is 30.8 Å². The largest absolute Gasteiger partial charge is 0.507 e. The van der Waals surface area contributed by atoms with Crippen molar-refractivity contribution in [2.24, 2.45) is 33.9 Å². The normalized spacial score (nSPS) is 26.4. The molecule has 11 heteroatoms. The number of aliphatic hydroxyl groups is 3. The molecule has 2 saturated carbocycles. The number of nitrogens with zero attached hydrogens (tertiary/aromatic N) is 1. The molecule has 0 radical (unpaired) electrons. The number of guanidine groups is 1. The number of hydrogen-bond donors (Lipinski definition) is 7. The molecule has 3 aromatic rings. The number of fused-ring (bicyclic) bond motifs is 1. The maximum atomic E-state index is 14.5. The minimum absolute atomic E-state index is 0.0792. The Morgan fingerprint density at radius 2 is 1.88 bits per heavy atom. The Hall–Kier alpha value is -3.66. The summed E-state index contributed by atoms with van der Waals surface area (Å²) in [6.07, 6.45) is 7.32. The Balaban J connectivity index is 1.28. The van der Waals surface area contributed by atoms with Gasteiger partial charge in [-0.2, -0.15) is 0 Å². The number of nitrogens with one attached hydrogen (secondary N) is 2. The lowest BCUT2D eigenvalue weighted by Crippen LogP contribution is -2.50. The second kappa shape index (κ2) is 15.3. The minimum atomic E-state index is -0.819. The van der Waals surface area contributed by atoms with E-state index in [9.17, 15) is 25.2 Å². The summed E-state index contributed by atoms with van der Waals surface area (Å²) < 4.78 is 0. The van der Waals surface area contributed by atoms with Crippen LogP contribution in [0.25, 0.3) is 15.8 Å². The maximum absolute atomic E-state index is 14.5. The molecule has 1 spiro atoms. The number of benzene rings is 1. The fourth-order valence-corrected chi connectivity index (χ4v) is 10.5. The van der Waals surface area contributed by atoms with Crippen LogP contribution in [0.5, 0.6) is 5.75 Å². The predicted molar refractivity (Wildman–Crippen MR) is 203 cm³/mol. The van der Waals surface area contributed by atoms with Crippen LogP contribution in [-0.2, 0) is 6.42 Å². The summed E-state index contributed by atoms with van der Waals surface area (Å²) in [6, 6.07) is 11.5. The number of nitrogens with two attached hydrogens (primary N) is 1. The van der Waals surface area contributed by atoms with Gasteiger partial charge in [0.05, 0.1) is 34.6 Å². The molecule has 0 bridgehead atoms. The Bertz CT molecular complexity index is 1820. The Morgan fingerprint density at radius 1 is 1.12 bits per heavy atom. The van der Waals surface area contributed by atoms with E-state index >= 15 is 0 Å². The fourth-order valence-electron chi connectivity index (χ4n) is 8.48. The topological polar surface area (TPSA) is 160 Å². The number of ketones is 1. The van der Waals surface area contributed by atoms with Crippen molar-refractivity contribution >= 4 is 46.2 Å². The van der Waals surface area contributed by atoms with Crippen molar-refractivity contribution in [2.75, 3.05) is 19.0 Å². The SMILES string of the molecule is CC#Cc1ccc(-c2ccc(C(=O)C3CCC(C(Cc4cc(O)c5c(c4)NC(C(C)O)C=C5)NC(N)=NC)CC34CCC(C(O)CO)C4)s2)s1. The highest BCUT2D eigenvalue weighted by Gasteiger charge is 2.53. The highest BCUT2D eigenvalue weighted by Crippen LogP contribution is 2.58. The van der Waals surface area contributed by atoms with Gasteiger partial charge in [-0.1, -0.05) is 18.1 Å². The summed E-state index contributed by atoms with van der Waals surface area (Å²) in [5.74, 6) is 6.56. The van der Waals surface area contributed by atoms with Crippen LogP contribution in [0.1, 0.15) is 78.0 Å². The average molecular weight is 717 g/mol. The molecule has 3 heterocycles. The van der Waals surface area contributed by atoms with Gasteiger partial charge in [-0.05, 0) is 118 Å². The third-order valence-corrected chi connectivity index (χ3v) is 13.3. The van der Waals surface area contributed by atoms with E-state index < -0.39 is 12.2 Å². The van der Waals surface area contributed by atoms with Crippen LogP contribution in [0.2, 0.25) is 0 Å². The molecule has 6 rings (SSSR count). The quantitative estimate of drug-likeness (QED) is 0.0616. The highest BCUT2D eigenvalue weighted by atomic mass is 32.1. The lowest BCUT2D eigenvalue weighted by atomic mass is 9.58. The zero-order chi connectivity index (χ0) is 35.6. The molecule has 9 nitrogen and oxygen atoms in total. The monoisotopic (exact) mass is 716 g/mol. The molecule has 2 aromatic heterocycles. The van der Waals surface area contributed by atoms with Crippen LogP contribution in [0.4, 0.5) is 5.69 Å². The van der Waals surface area contributed by atoms with E-state index in [2.05, 4.69) is 33.5 Å². The van der Waals surface area contributed by atoms with Gasteiger partial charge >= 0.3 is 0 Å². The van der Waals surface area contributed by atoms with Crippen molar-refractivity contribution in [1.29, 1.82) is 0 Å². The molecule has 2 fully saturated rings. The Kier molecular flexibility index (Phi) is 11.1. The highest BCUT2D eigenvalue weighted by molar-refractivity contribution is 7.23. The van der Waals surface area contributed by atoms with Crippen LogP contribution in [0.15, 0.2) is 47.5 Å². The first-order valence-corrected chi connectivity index (χ1v) is 19.1. The van der Waals surface area contributed by atoms with E-state index in [4.69, 9.17) is 5.73 Å². The van der Waals surface area contributed by atoms with Gasteiger partial charge in [-0.3, -0.25) is 9.79 Å². The van der Waals surface area contributed by atoms with Gasteiger partial charge in [0, 0.05) is 40.0 Å². The van der Waals surface area contributed by atoms with Crippen LogP contribution >= 0.6 is 22.7 Å². The van der Waals surface area contributed by atoms with Crippen molar-refractivity contribution in [2.45, 2.75) is 83.1 Å². The second-order valence-electron chi connectivity index (χ2n) is 14.2. The number of aliphatic imine (C=N–C) groups is 1. The van der Waals surface area contributed by atoms with E-state index in [-0.39, 0.29) is 53.4 Å². The standard InChI is InChI=1S/C39H48N4O5S2/c1-4-5-26-7-11-34(49-26)35-12-13-36(50-35)37(48)28-9-6-24(19-39(28)15-14-25(20-39)33(47)21-44)30(43-38(40)41-3)16-23-17-31-27(32(46)18-23)8-10-29(42-31)22(2)45/h7-8,10-13,17-18,22,24-25,28-30,33,42,44-47H,6,9,14-16,19-21H2,1-3H3,(H3,40,41,43). The van der Waals surface area contributed by atoms with E-state index in [1.165, 1.54) is 11.3 Å². The zero-order valence-corrected chi connectivity index (χ0v) is 30.5. The van der Waals surface area contributed by atoms with Crippen molar-refractivity contribution in [3.05, 3.63) is 63.4 Å². The van der Waals surface area contributed by atoms with Crippen molar-refractivity contribution in [1.82, 2.24) is 5.32 Å². The number of anilines is 1. The molecular weight excluding hydrogens is 669 g/mol. The molecule has 1 aromatic carbocycles.